The van der Waals surface area contributed by atoms with Gasteiger partial charge in [-0.25, -0.2) is 4.39 Å². The molecule has 1 amide bonds. The summed E-state index contributed by atoms with van der Waals surface area (Å²) in [6.45, 7) is 17.0. The van der Waals surface area contributed by atoms with E-state index < -0.39 is 14.1 Å². The highest BCUT2D eigenvalue weighted by Gasteiger charge is 2.39. The first-order chi connectivity index (χ1) is 21.7. The summed E-state index contributed by atoms with van der Waals surface area (Å²) in [6, 6.07) is 9.77. The van der Waals surface area contributed by atoms with E-state index in [1.165, 1.54) is 12.1 Å². The quantitative estimate of drug-likeness (QED) is 0.249. The second-order valence-electron chi connectivity index (χ2n) is 14.1. The number of carbonyl (C=O) groups is 1. The molecule has 1 unspecified atom stereocenters. The lowest BCUT2D eigenvalue weighted by Gasteiger charge is -2.43. The third kappa shape index (κ3) is 8.03. The maximum absolute atomic E-state index is 14.9. The van der Waals surface area contributed by atoms with E-state index in [1.54, 1.807) is 18.3 Å². The molecule has 5 rings (SSSR count). The molecule has 46 heavy (non-hydrogen) atoms. The van der Waals surface area contributed by atoms with Crippen molar-refractivity contribution in [2.45, 2.75) is 51.4 Å². The second-order valence-corrected chi connectivity index (χ2v) is 19.3. The van der Waals surface area contributed by atoms with Gasteiger partial charge in [0.05, 0.1) is 23.1 Å². The number of halogens is 2. The molecule has 10 nitrogen and oxygen atoms in total. The van der Waals surface area contributed by atoms with E-state index in [2.05, 4.69) is 76.1 Å². The number of aromatic nitrogens is 3. The summed E-state index contributed by atoms with van der Waals surface area (Å²) < 4.78 is 21.4. The fourth-order valence-corrected chi connectivity index (χ4v) is 6.79. The fraction of sp³-hybridized carbons (Fsp3) is 0.515. The lowest BCUT2D eigenvalue weighted by atomic mass is 10.0. The van der Waals surface area contributed by atoms with Crippen molar-refractivity contribution in [3.8, 4) is 11.3 Å². The predicted octanol–water partition coefficient (Wildman–Crippen LogP) is 5.70. The largest absolute Gasteiger partial charge is 0.416 e. The van der Waals surface area contributed by atoms with Crippen molar-refractivity contribution >= 4 is 43.0 Å². The Labute approximate surface area is 277 Å². The van der Waals surface area contributed by atoms with Crippen molar-refractivity contribution in [1.29, 1.82) is 0 Å². The summed E-state index contributed by atoms with van der Waals surface area (Å²) in [4.78, 5) is 23.4. The highest BCUT2D eigenvalue weighted by atomic mass is 35.5. The molecule has 3 aromatic rings. The molecular weight excluding hydrogens is 623 g/mol. The number of anilines is 3. The van der Waals surface area contributed by atoms with Gasteiger partial charge in [-0.15, -0.1) is 10.2 Å². The Balaban J connectivity index is 1.41. The minimum atomic E-state index is -1.86. The number of nitrogens with zero attached hydrogens (tertiary/aromatic N) is 6. The number of benzene rings is 1. The van der Waals surface area contributed by atoms with Gasteiger partial charge >= 0.3 is 0 Å². The number of hydrogen-bond acceptors (Lipinski definition) is 9. The Kier molecular flexibility index (Phi) is 10.3. The number of rotatable bonds is 11. The molecule has 2 aromatic heterocycles. The van der Waals surface area contributed by atoms with Gasteiger partial charge in [0.15, 0.2) is 14.1 Å². The third-order valence-corrected chi connectivity index (χ3v) is 14.2. The Morgan fingerprint density at radius 2 is 1.85 bits per heavy atom. The zero-order valence-electron chi connectivity index (χ0n) is 27.7. The highest BCUT2D eigenvalue weighted by Crippen LogP contribution is 2.39. The minimum Gasteiger partial charge on any atom is -0.416 e. The van der Waals surface area contributed by atoms with Crippen molar-refractivity contribution < 1.29 is 13.6 Å². The van der Waals surface area contributed by atoms with E-state index in [4.69, 9.17) is 21.8 Å². The van der Waals surface area contributed by atoms with E-state index in [1.807, 2.05) is 12.1 Å². The molecule has 3 N–H and O–H groups in total. The Bertz CT molecular complexity index is 1540. The van der Waals surface area contributed by atoms with Crippen LogP contribution < -0.4 is 16.0 Å². The number of likely N-dealkylation sites (N-methyl/N-ethyl adjacent to an activating group) is 1. The van der Waals surface area contributed by atoms with Crippen LogP contribution in [0.25, 0.3) is 11.3 Å². The van der Waals surface area contributed by atoms with E-state index >= 15 is 0 Å². The molecule has 13 heteroatoms. The molecule has 0 spiro atoms. The minimum absolute atomic E-state index is 0.147. The summed E-state index contributed by atoms with van der Waals surface area (Å²) >= 11 is 6.22. The van der Waals surface area contributed by atoms with Gasteiger partial charge < -0.3 is 25.3 Å². The van der Waals surface area contributed by atoms with Crippen LogP contribution in [0.1, 0.15) is 38.9 Å². The number of primary amides is 1. The molecule has 0 saturated carbocycles. The van der Waals surface area contributed by atoms with E-state index in [0.29, 0.717) is 34.7 Å². The molecule has 0 radical (unpaired) electrons. The van der Waals surface area contributed by atoms with Gasteiger partial charge in [0, 0.05) is 80.7 Å². The molecule has 2 aliphatic heterocycles. The van der Waals surface area contributed by atoms with Crippen molar-refractivity contribution in [1.82, 2.24) is 25.0 Å². The van der Waals surface area contributed by atoms with Crippen molar-refractivity contribution in [2.75, 3.05) is 63.1 Å². The Hall–Kier alpha value is -3.16. The molecule has 1 atom stereocenters. The average molecular weight is 669 g/mol. The molecule has 2 saturated heterocycles. The molecule has 0 aliphatic carbocycles. The van der Waals surface area contributed by atoms with Crippen LogP contribution in [0.15, 0.2) is 42.6 Å². The number of nitrogens with one attached hydrogen (secondary N) is 1. The molecular formula is C33H46ClFN8O2Si. The zero-order chi connectivity index (χ0) is 33.2. The number of carbonyl (C=O) groups excluding carboxylic acids is 1. The third-order valence-electron chi connectivity index (χ3n) is 9.50. The second kappa shape index (κ2) is 13.9. The molecule has 1 aromatic carbocycles. The first kappa shape index (κ1) is 34.2. The molecule has 4 heterocycles. The van der Waals surface area contributed by atoms with Crippen molar-refractivity contribution in [3.05, 3.63) is 59.1 Å². The smallest absolute Gasteiger partial charge is 0.219 e. The van der Waals surface area contributed by atoms with Gasteiger partial charge in [-0.2, -0.15) is 0 Å². The summed E-state index contributed by atoms with van der Waals surface area (Å²) in [5.74, 6) is 0.236. The molecule has 2 fully saturated rings. The Morgan fingerprint density at radius 3 is 2.52 bits per heavy atom. The number of nitrogens with two attached hydrogens (primary N) is 1. The molecule has 248 valence electrons. The van der Waals surface area contributed by atoms with Gasteiger partial charge in [0.2, 0.25) is 5.91 Å². The highest BCUT2D eigenvalue weighted by molar-refractivity contribution is 6.74. The number of hydrogen-bond donors (Lipinski definition) is 2. The van der Waals surface area contributed by atoms with Crippen LogP contribution in [0, 0.1) is 11.7 Å². The number of amides is 1. The normalized spacial score (nSPS) is 17.5. The monoisotopic (exact) mass is 668 g/mol. The summed E-state index contributed by atoms with van der Waals surface area (Å²) in [7, 11) is 0.237. The van der Waals surface area contributed by atoms with E-state index in [9.17, 15) is 9.18 Å². The van der Waals surface area contributed by atoms with Gasteiger partial charge in [-0.05, 0) is 61.6 Å². The number of piperazine rings is 1. The number of pyridine rings is 1. The first-order valence-electron chi connectivity index (χ1n) is 15.9. The zero-order valence-corrected chi connectivity index (χ0v) is 29.4. The van der Waals surface area contributed by atoms with Crippen LogP contribution >= 0.6 is 11.6 Å². The van der Waals surface area contributed by atoms with Gasteiger partial charge in [-0.1, -0.05) is 32.4 Å². The van der Waals surface area contributed by atoms with Crippen LogP contribution in [0.5, 0.6) is 0 Å². The predicted molar refractivity (Wildman–Crippen MR) is 184 cm³/mol. The van der Waals surface area contributed by atoms with Crippen LogP contribution in [-0.2, 0) is 9.22 Å². The van der Waals surface area contributed by atoms with Gasteiger partial charge in [-0.3, -0.25) is 14.7 Å². The summed E-state index contributed by atoms with van der Waals surface area (Å²) in [6.07, 6.45) is 1.90. The summed E-state index contributed by atoms with van der Waals surface area (Å²) in [5, 5.41) is 13.1. The topological polar surface area (TPSA) is 113 Å². The van der Waals surface area contributed by atoms with Crippen LogP contribution in [0.4, 0.5) is 21.6 Å². The molecule has 2 aliphatic rings. The van der Waals surface area contributed by atoms with E-state index in [-0.39, 0.29) is 29.0 Å². The van der Waals surface area contributed by atoms with E-state index in [0.717, 1.165) is 50.6 Å². The lowest BCUT2D eigenvalue weighted by Crippen LogP contribution is -2.52. The van der Waals surface area contributed by atoms with Crippen molar-refractivity contribution in [3.63, 3.8) is 0 Å². The maximum Gasteiger partial charge on any atom is 0.219 e. The standard InChI is InChI=1S/C33H46ClFN8O2Si/c1-33(2,3)46(5,6)45-21-22-19-43(20-22)32-29(17-27(39-40-32)25-15-23(34)7-8-26(25)35)38-24-9-10-37-28(16-24)30(18-31(36)44)42-13-11-41(4)12-14-42/h7-10,15-17,22,30H,11-14,18-21H2,1-6H3,(H2,36,44)(H,37,38,39). The van der Waals surface area contributed by atoms with Crippen LogP contribution in [-0.4, -0.2) is 92.1 Å². The van der Waals surface area contributed by atoms with Crippen molar-refractivity contribution in [2.24, 2.45) is 11.7 Å². The lowest BCUT2D eigenvalue weighted by molar-refractivity contribution is -0.119. The fourth-order valence-electron chi connectivity index (χ4n) is 5.54. The summed E-state index contributed by atoms with van der Waals surface area (Å²) in [5.41, 5.74) is 8.51. The molecule has 0 bridgehead atoms. The van der Waals surface area contributed by atoms with Gasteiger partial charge in [0.25, 0.3) is 0 Å². The maximum atomic E-state index is 14.9. The van der Waals surface area contributed by atoms with Crippen LogP contribution in [0.2, 0.25) is 23.2 Å². The SMILES string of the molecule is CN1CCN(C(CC(N)=O)c2cc(Nc3cc(-c4cc(Cl)ccc4F)nnc3N3CC(CO[Si](C)(C)C(C)(C)C)C3)ccn2)CC1. The Morgan fingerprint density at radius 1 is 1.13 bits per heavy atom. The average Bonchev–Trinajstić information content (AvgIpc) is 2.97. The van der Waals surface area contributed by atoms with Gasteiger partial charge in [0.1, 0.15) is 5.82 Å². The van der Waals surface area contributed by atoms with Crippen LogP contribution in [0.3, 0.4) is 0 Å². The first-order valence-corrected chi connectivity index (χ1v) is 19.1.